The number of Topliss-reactive ketones (excluding diaryl/α,β-unsaturated/α-hetero) is 1. The minimum absolute atomic E-state index is 0.0137. The van der Waals surface area contributed by atoms with Gasteiger partial charge in [-0.2, -0.15) is 5.10 Å². The first-order valence-corrected chi connectivity index (χ1v) is 12.0. The Hall–Kier alpha value is -3.23. The fourth-order valence-corrected chi connectivity index (χ4v) is 4.57. The van der Waals surface area contributed by atoms with Crippen molar-refractivity contribution in [2.24, 2.45) is 0 Å². The molecule has 1 amide bonds. The first-order chi connectivity index (χ1) is 16.3. The molecular weight excluding hydrogens is 496 g/mol. The first-order valence-electron chi connectivity index (χ1n) is 11.2. The Balaban J connectivity index is 1.80. The Morgan fingerprint density at radius 1 is 1.09 bits per heavy atom. The summed E-state index contributed by atoms with van der Waals surface area (Å²) in [6.45, 7) is 3.04. The smallest absolute Gasteiger partial charge is 0.295 e. The van der Waals surface area contributed by atoms with Gasteiger partial charge in [0.1, 0.15) is 0 Å². The lowest BCUT2D eigenvalue weighted by Crippen LogP contribution is -3.05. The third kappa shape index (κ3) is 4.56. The van der Waals surface area contributed by atoms with Crippen LogP contribution in [0.1, 0.15) is 29.3 Å². The van der Waals surface area contributed by atoms with Gasteiger partial charge in [0.05, 0.1) is 38.6 Å². The van der Waals surface area contributed by atoms with Gasteiger partial charge >= 0.3 is 0 Å². The average molecular weight is 523 g/mol. The number of likely N-dealkylation sites (tertiary alicyclic amines) is 1. The molecule has 1 aromatic heterocycles. The third-order valence-corrected chi connectivity index (χ3v) is 6.57. The number of aromatic nitrogens is 2. The van der Waals surface area contributed by atoms with Crippen molar-refractivity contribution < 1.29 is 19.6 Å². The number of ketones is 1. The number of carbonyl (C=O) groups excluding carboxylic acids is 2. The molecule has 0 spiro atoms. The van der Waals surface area contributed by atoms with Crippen molar-refractivity contribution in [1.82, 2.24) is 14.7 Å². The number of nitrogens with one attached hydrogen (secondary N) is 1. The van der Waals surface area contributed by atoms with E-state index in [1.165, 1.54) is 11.1 Å². The molecule has 3 aromatic rings. The summed E-state index contributed by atoms with van der Waals surface area (Å²) in [7, 11) is 4.08. The molecule has 0 saturated carbocycles. The highest BCUT2D eigenvalue weighted by Gasteiger charge is 2.44. The molecule has 0 aliphatic carbocycles. The highest BCUT2D eigenvalue weighted by atomic mass is 79.9. The van der Waals surface area contributed by atoms with Crippen molar-refractivity contribution in [2.75, 3.05) is 27.2 Å². The summed E-state index contributed by atoms with van der Waals surface area (Å²) in [5, 5.41) is 18.1. The monoisotopic (exact) mass is 522 g/mol. The third-order valence-electron chi connectivity index (χ3n) is 6.05. The van der Waals surface area contributed by atoms with Crippen LogP contribution in [0, 0.1) is 6.92 Å². The molecule has 34 heavy (non-hydrogen) atoms. The Bertz CT molecular complexity index is 1230. The summed E-state index contributed by atoms with van der Waals surface area (Å²) in [6, 6.07) is 16.1. The maximum atomic E-state index is 13.7. The van der Waals surface area contributed by atoms with E-state index < -0.39 is 23.5 Å². The van der Waals surface area contributed by atoms with Gasteiger partial charge in [-0.05, 0) is 36.8 Å². The predicted molar refractivity (Wildman–Crippen MR) is 131 cm³/mol. The molecule has 1 aliphatic rings. The van der Waals surface area contributed by atoms with Crippen LogP contribution in [0.3, 0.4) is 0 Å². The number of rotatable bonds is 7. The molecule has 1 saturated heterocycles. The Kier molecular flexibility index (Phi) is 7.00. The van der Waals surface area contributed by atoms with Gasteiger partial charge in [0.2, 0.25) is 5.78 Å². The number of quaternary nitrogens is 1. The molecule has 7 nitrogen and oxygen atoms in total. The van der Waals surface area contributed by atoms with Crippen molar-refractivity contribution >= 4 is 33.4 Å². The summed E-state index contributed by atoms with van der Waals surface area (Å²) in [6.07, 6.45) is 2.20. The lowest BCUT2D eigenvalue weighted by Gasteiger charge is -2.27. The van der Waals surface area contributed by atoms with Gasteiger partial charge in [-0.25, -0.2) is 4.68 Å². The maximum Gasteiger partial charge on any atom is 0.295 e. The molecule has 8 heteroatoms. The number of hydrogen-bond donors (Lipinski definition) is 1. The SMILES string of the molecule is Cc1c(C([O-])=C2C(=O)C(=O)N(CCC[NH+](C)C)C2c2ccc(Br)cc2)cnn1-c1ccccc1. The van der Waals surface area contributed by atoms with Gasteiger partial charge in [0.25, 0.3) is 5.91 Å². The highest BCUT2D eigenvalue weighted by Crippen LogP contribution is 2.39. The van der Waals surface area contributed by atoms with Gasteiger partial charge in [0, 0.05) is 34.3 Å². The standard InChI is InChI=1S/C26H27BrN4O3/c1-17-21(16-28-31(17)20-8-5-4-6-9-20)24(32)22-23(18-10-12-19(27)13-11-18)30(26(34)25(22)33)15-7-14-29(2)3/h4-6,8-13,16,23,32H,7,14-15H2,1-3H3. The normalized spacial score (nSPS) is 17.7. The van der Waals surface area contributed by atoms with E-state index in [0.717, 1.165) is 28.7 Å². The van der Waals surface area contributed by atoms with E-state index in [0.29, 0.717) is 17.8 Å². The Morgan fingerprint density at radius 3 is 2.41 bits per heavy atom. The van der Waals surface area contributed by atoms with Crippen LogP contribution in [-0.2, 0) is 9.59 Å². The van der Waals surface area contributed by atoms with E-state index in [4.69, 9.17) is 0 Å². The number of hydrogen-bond acceptors (Lipinski definition) is 4. The van der Waals surface area contributed by atoms with Crippen molar-refractivity contribution in [1.29, 1.82) is 0 Å². The molecule has 1 aliphatic heterocycles. The van der Waals surface area contributed by atoms with Gasteiger partial charge in [0.15, 0.2) is 0 Å². The van der Waals surface area contributed by atoms with E-state index >= 15 is 0 Å². The molecule has 1 fully saturated rings. The fourth-order valence-electron chi connectivity index (χ4n) is 4.30. The zero-order valence-electron chi connectivity index (χ0n) is 19.4. The molecule has 0 bridgehead atoms. The molecule has 176 valence electrons. The van der Waals surface area contributed by atoms with E-state index in [1.54, 1.807) is 16.5 Å². The molecule has 2 heterocycles. The summed E-state index contributed by atoms with van der Waals surface area (Å²) < 4.78 is 2.55. The number of halogens is 1. The van der Waals surface area contributed by atoms with Gasteiger partial charge < -0.3 is 14.9 Å². The van der Waals surface area contributed by atoms with Gasteiger partial charge in [-0.3, -0.25) is 9.59 Å². The number of carbonyl (C=O) groups is 2. The Labute approximate surface area is 207 Å². The number of benzene rings is 2. The summed E-state index contributed by atoms with van der Waals surface area (Å²) in [4.78, 5) is 29.0. The van der Waals surface area contributed by atoms with Crippen LogP contribution in [0.4, 0.5) is 0 Å². The largest absolute Gasteiger partial charge is 0.872 e. The van der Waals surface area contributed by atoms with Crippen LogP contribution in [0.15, 0.2) is 70.8 Å². The van der Waals surface area contributed by atoms with Crippen molar-refractivity contribution in [2.45, 2.75) is 19.4 Å². The predicted octanol–water partition coefficient (Wildman–Crippen LogP) is 1.70. The van der Waals surface area contributed by atoms with Crippen molar-refractivity contribution in [3.63, 3.8) is 0 Å². The number of amides is 1. The molecule has 1 unspecified atom stereocenters. The van der Waals surface area contributed by atoms with Crippen LogP contribution in [0.2, 0.25) is 0 Å². The molecule has 1 atom stereocenters. The molecule has 2 aromatic carbocycles. The van der Waals surface area contributed by atoms with E-state index in [9.17, 15) is 14.7 Å². The van der Waals surface area contributed by atoms with Crippen LogP contribution in [-0.4, -0.2) is 53.6 Å². The van der Waals surface area contributed by atoms with Crippen LogP contribution in [0.25, 0.3) is 11.4 Å². The van der Waals surface area contributed by atoms with Gasteiger partial charge in [-0.15, -0.1) is 0 Å². The zero-order chi connectivity index (χ0) is 24.4. The zero-order valence-corrected chi connectivity index (χ0v) is 21.0. The van der Waals surface area contributed by atoms with Gasteiger partial charge in [-0.1, -0.05) is 52.0 Å². The second kappa shape index (κ2) is 9.95. The van der Waals surface area contributed by atoms with E-state index in [1.807, 2.05) is 68.7 Å². The maximum absolute atomic E-state index is 13.7. The second-order valence-corrected chi connectivity index (χ2v) is 9.64. The lowest BCUT2D eigenvalue weighted by molar-refractivity contribution is -0.858. The summed E-state index contributed by atoms with van der Waals surface area (Å²) in [5.41, 5.74) is 2.47. The molecule has 1 N–H and O–H groups in total. The Morgan fingerprint density at radius 2 is 1.76 bits per heavy atom. The summed E-state index contributed by atoms with van der Waals surface area (Å²) >= 11 is 3.43. The van der Waals surface area contributed by atoms with Crippen LogP contribution >= 0.6 is 15.9 Å². The first kappa shape index (κ1) is 23.9. The topological polar surface area (TPSA) is 82.7 Å². The molecule has 4 rings (SSSR count). The summed E-state index contributed by atoms with van der Waals surface area (Å²) in [5.74, 6) is -1.81. The lowest BCUT2D eigenvalue weighted by atomic mass is 9.95. The number of para-hydroxylation sites is 1. The van der Waals surface area contributed by atoms with E-state index in [2.05, 4.69) is 21.0 Å². The molecule has 0 radical (unpaired) electrons. The highest BCUT2D eigenvalue weighted by molar-refractivity contribution is 9.10. The van der Waals surface area contributed by atoms with Crippen LogP contribution in [0.5, 0.6) is 0 Å². The van der Waals surface area contributed by atoms with Crippen LogP contribution < -0.4 is 10.0 Å². The van der Waals surface area contributed by atoms with Crippen molar-refractivity contribution in [3.8, 4) is 5.69 Å². The molecular formula is C26H27BrN4O3. The number of nitrogens with zero attached hydrogens (tertiary/aromatic N) is 3. The minimum Gasteiger partial charge on any atom is -0.872 e. The van der Waals surface area contributed by atoms with E-state index in [-0.39, 0.29) is 5.57 Å². The quantitative estimate of drug-likeness (QED) is 0.291. The van der Waals surface area contributed by atoms with Crippen molar-refractivity contribution in [3.05, 3.63) is 87.7 Å². The minimum atomic E-state index is -0.734. The fraction of sp³-hybridized carbons (Fsp3) is 0.269. The second-order valence-electron chi connectivity index (χ2n) is 8.73. The average Bonchev–Trinajstić information content (AvgIpc) is 3.32.